The molecular formula is C31H21NO2S. The Hall–Kier alpha value is -4.41. The lowest BCUT2D eigenvalue weighted by Crippen LogP contribution is -1.95. The minimum Gasteiger partial charge on any atom is -0.457 e. The summed E-state index contributed by atoms with van der Waals surface area (Å²) in [4.78, 5) is 4.89. The van der Waals surface area contributed by atoms with Gasteiger partial charge in [0, 0.05) is 5.56 Å². The van der Waals surface area contributed by atoms with E-state index in [4.69, 9.17) is 14.5 Å². The van der Waals surface area contributed by atoms with E-state index < -0.39 is 0 Å². The SMILES string of the molecule is c1ccc(Oc2cc(-c3nc4ccccc4s3)cc(Oc3ccccc3)c2-c2ccccc2)cc1. The lowest BCUT2D eigenvalue weighted by atomic mass is 10.0. The first-order valence-corrected chi connectivity index (χ1v) is 12.2. The molecule has 1 aromatic heterocycles. The number of nitrogens with zero attached hydrogens (tertiary/aromatic N) is 1. The molecule has 35 heavy (non-hydrogen) atoms. The first-order valence-electron chi connectivity index (χ1n) is 11.4. The van der Waals surface area contributed by atoms with E-state index in [0.29, 0.717) is 11.5 Å². The Morgan fingerprint density at radius 3 is 1.60 bits per heavy atom. The zero-order chi connectivity index (χ0) is 23.5. The third-order valence-corrected chi connectivity index (χ3v) is 6.70. The van der Waals surface area contributed by atoms with Gasteiger partial charge >= 0.3 is 0 Å². The Morgan fingerprint density at radius 1 is 0.514 bits per heavy atom. The van der Waals surface area contributed by atoms with Crippen LogP contribution in [0.2, 0.25) is 0 Å². The quantitative estimate of drug-likeness (QED) is 0.243. The Balaban J connectivity index is 1.57. The molecule has 5 aromatic carbocycles. The molecule has 0 aliphatic rings. The van der Waals surface area contributed by atoms with E-state index >= 15 is 0 Å². The van der Waals surface area contributed by atoms with Crippen molar-refractivity contribution in [1.29, 1.82) is 0 Å². The van der Waals surface area contributed by atoms with Crippen LogP contribution in [0.5, 0.6) is 23.0 Å². The third kappa shape index (κ3) is 4.52. The van der Waals surface area contributed by atoms with Crippen molar-refractivity contribution < 1.29 is 9.47 Å². The fraction of sp³-hybridized carbons (Fsp3) is 0. The molecule has 4 heteroatoms. The van der Waals surface area contributed by atoms with Gasteiger partial charge in [-0.3, -0.25) is 0 Å². The highest BCUT2D eigenvalue weighted by molar-refractivity contribution is 7.21. The van der Waals surface area contributed by atoms with Crippen molar-refractivity contribution in [2.45, 2.75) is 0 Å². The van der Waals surface area contributed by atoms with Gasteiger partial charge in [0.25, 0.3) is 0 Å². The van der Waals surface area contributed by atoms with Gasteiger partial charge in [-0.2, -0.15) is 0 Å². The molecule has 0 fully saturated rings. The predicted octanol–water partition coefficient (Wildman–Crippen LogP) is 9.21. The standard InChI is InChI=1S/C31H21NO2S/c1-4-12-22(13-5-1)30-27(33-24-14-6-2-7-15-24)20-23(21-28(30)34-25-16-8-3-9-17-25)31-32-26-18-10-11-19-29(26)35-31/h1-21H. The molecule has 0 amide bonds. The lowest BCUT2D eigenvalue weighted by Gasteiger charge is -2.18. The summed E-state index contributed by atoms with van der Waals surface area (Å²) in [5.41, 5.74) is 3.84. The number of hydrogen-bond acceptors (Lipinski definition) is 4. The van der Waals surface area contributed by atoms with E-state index in [1.807, 2.05) is 97.1 Å². The van der Waals surface area contributed by atoms with Gasteiger partial charge in [0.1, 0.15) is 28.0 Å². The normalized spacial score (nSPS) is 10.9. The average molecular weight is 472 g/mol. The number of hydrogen-bond donors (Lipinski definition) is 0. The highest BCUT2D eigenvalue weighted by atomic mass is 32.1. The number of benzene rings is 5. The van der Waals surface area contributed by atoms with Crippen LogP contribution in [0, 0.1) is 0 Å². The van der Waals surface area contributed by atoms with Crippen LogP contribution in [0.25, 0.3) is 31.9 Å². The molecule has 0 saturated carbocycles. The second kappa shape index (κ2) is 9.45. The zero-order valence-electron chi connectivity index (χ0n) is 18.8. The summed E-state index contributed by atoms with van der Waals surface area (Å²) in [7, 11) is 0. The van der Waals surface area contributed by atoms with E-state index in [0.717, 1.165) is 43.4 Å². The van der Waals surface area contributed by atoms with Crippen molar-refractivity contribution in [2.24, 2.45) is 0 Å². The Bertz CT molecular complexity index is 1480. The van der Waals surface area contributed by atoms with Crippen LogP contribution in [0.4, 0.5) is 0 Å². The molecule has 0 bridgehead atoms. The molecule has 0 radical (unpaired) electrons. The summed E-state index contributed by atoms with van der Waals surface area (Å²) in [5.74, 6) is 2.95. The van der Waals surface area contributed by atoms with Gasteiger partial charge in [-0.1, -0.05) is 78.9 Å². The monoisotopic (exact) mass is 471 g/mol. The van der Waals surface area contributed by atoms with Gasteiger partial charge < -0.3 is 9.47 Å². The maximum Gasteiger partial charge on any atom is 0.139 e. The molecule has 3 nitrogen and oxygen atoms in total. The Labute approximate surface area is 207 Å². The zero-order valence-corrected chi connectivity index (χ0v) is 19.6. The smallest absolute Gasteiger partial charge is 0.139 e. The molecule has 0 atom stereocenters. The van der Waals surface area contributed by atoms with Crippen LogP contribution in [-0.2, 0) is 0 Å². The predicted molar refractivity (Wildman–Crippen MR) is 144 cm³/mol. The summed E-state index contributed by atoms with van der Waals surface area (Å²) in [6, 6.07) is 42.2. The van der Waals surface area contributed by atoms with Crippen LogP contribution in [0.1, 0.15) is 0 Å². The molecule has 0 unspecified atom stereocenters. The van der Waals surface area contributed by atoms with Crippen molar-refractivity contribution >= 4 is 21.6 Å². The van der Waals surface area contributed by atoms with Gasteiger partial charge in [-0.15, -0.1) is 11.3 Å². The molecule has 0 aliphatic carbocycles. The van der Waals surface area contributed by atoms with Crippen LogP contribution >= 0.6 is 11.3 Å². The first kappa shape index (κ1) is 21.1. The van der Waals surface area contributed by atoms with E-state index in [2.05, 4.69) is 30.3 Å². The van der Waals surface area contributed by atoms with Crippen LogP contribution in [-0.4, -0.2) is 4.98 Å². The van der Waals surface area contributed by atoms with Crippen LogP contribution in [0.15, 0.2) is 127 Å². The molecule has 1 heterocycles. The molecule has 0 N–H and O–H groups in total. The van der Waals surface area contributed by atoms with Gasteiger partial charge in [0.15, 0.2) is 0 Å². The van der Waals surface area contributed by atoms with E-state index in [9.17, 15) is 0 Å². The largest absolute Gasteiger partial charge is 0.457 e. The summed E-state index contributed by atoms with van der Waals surface area (Å²) < 4.78 is 14.1. The fourth-order valence-corrected chi connectivity index (χ4v) is 4.94. The molecular weight excluding hydrogens is 450 g/mol. The molecule has 0 aliphatic heterocycles. The second-order valence-corrected chi connectivity index (χ2v) is 9.06. The number of rotatable bonds is 6. The average Bonchev–Trinajstić information content (AvgIpc) is 3.35. The maximum absolute atomic E-state index is 6.48. The van der Waals surface area contributed by atoms with Crippen molar-refractivity contribution in [3.63, 3.8) is 0 Å². The van der Waals surface area contributed by atoms with Gasteiger partial charge in [-0.25, -0.2) is 4.98 Å². The van der Waals surface area contributed by atoms with Gasteiger partial charge in [0.2, 0.25) is 0 Å². The second-order valence-electron chi connectivity index (χ2n) is 8.03. The Morgan fingerprint density at radius 2 is 1.03 bits per heavy atom. The maximum atomic E-state index is 6.48. The highest BCUT2D eigenvalue weighted by Crippen LogP contribution is 2.46. The minimum atomic E-state index is 0.713. The third-order valence-electron chi connectivity index (χ3n) is 5.61. The molecule has 0 spiro atoms. The van der Waals surface area contributed by atoms with E-state index in [-0.39, 0.29) is 0 Å². The van der Waals surface area contributed by atoms with Crippen LogP contribution in [0.3, 0.4) is 0 Å². The number of fused-ring (bicyclic) bond motifs is 1. The molecule has 0 saturated heterocycles. The lowest BCUT2D eigenvalue weighted by molar-refractivity contribution is 0.464. The molecule has 6 rings (SSSR count). The van der Waals surface area contributed by atoms with Crippen molar-refractivity contribution in [2.75, 3.05) is 0 Å². The van der Waals surface area contributed by atoms with Gasteiger partial charge in [-0.05, 0) is 54.1 Å². The summed E-state index contributed by atoms with van der Waals surface area (Å²) in [6.07, 6.45) is 0. The molecule has 6 aromatic rings. The van der Waals surface area contributed by atoms with Crippen molar-refractivity contribution in [1.82, 2.24) is 4.98 Å². The Kier molecular flexibility index (Phi) is 5.71. The number of ether oxygens (including phenoxy) is 2. The summed E-state index contributed by atoms with van der Waals surface area (Å²) in [5, 5.41) is 0.918. The van der Waals surface area contributed by atoms with E-state index in [1.54, 1.807) is 11.3 Å². The fourth-order valence-electron chi connectivity index (χ4n) is 3.99. The van der Waals surface area contributed by atoms with Gasteiger partial charge in [0.05, 0.1) is 15.8 Å². The first-order chi connectivity index (χ1) is 17.3. The van der Waals surface area contributed by atoms with Crippen LogP contribution < -0.4 is 9.47 Å². The topological polar surface area (TPSA) is 31.4 Å². The highest BCUT2D eigenvalue weighted by Gasteiger charge is 2.19. The van der Waals surface area contributed by atoms with Crippen molar-refractivity contribution in [3.05, 3.63) is 127 Å². The van der Waals surface area contributed by atoms with E-state index in [1.165, 1.54) is 0 Å². The summed E-state index contributed by atoms with van der Waals surface area (Å²) in [6.45, 7) is 0. The number of aromatic nitrogens is 1. The van der Waals surface area contributed by atoms with Crippen molar-refractivity contribution in [3.8, 4) is 44.7 Å². The number of para-hydroxylation sites is 3. The molecule has 168 valence electrons. The number of thiazole rings is 1. The summed E-state index contributed by atoms with van der Waals surface area (Å²) >= 11 is 1.66. The minimum absolute atomic E-state index is 0.713.